The Labute approximate surface area is 86.0 Å². The third-order valence-corrected chi connectivity index (χ3v) is 2.85. The normalized spacial score (nSPS) is 20.9. The molecule has 0 saturated heterocycles. The van der Waals surface area contributed by atoms with Gasteiger partial charge in [-0.15, -0.1) is 0 Å². The number of rotatable bonds is 3. The van der Waals surface area contributed by atoms with Gasteiger partial charge in [0, 0.05) is 5.92 Å². The monoisotopic (exact) mass is 199 g/mol. The zero-order valence-corrected chi connectivity index (χ0v) is 9.16. The van der Waals surface area contributed by atoms with E-state index >= 15 is 0 Å². The molecule has 82 valence electrons. The summed E-state index contributed by atoms with van der Waals surface area (Å²) in [4.78, 5) is 11.6. The van der Waals surface area contributed by atoms with Gasteiger partial charge in [0.05, 0.1) is 5.92 Å². The van der Waals surface area contributed by atoms with Crippen LogP contribution in [0.4, 0.5) is 0 Å². The van der Waals surface area contributed by atoms with Crippen LogP contribution in [0.1, 0.15) is 46.0 Å². The molecule has 0 aromatic heterocycles. The zero-order valence-electron chi connectivity index (χ0n) is 9.16. The van der Waals surface area contributed by atoms with Gasteiger partial charge < -0.3 is 4.74 Å². The standard InChI is InChI=1S/C11H21NO2/c1-8(2)10(12)14-11(13)9-6-4-3-5-7-9/h8-10H,3-7,12H2,1-2H3/t10-/m1/s1. The van der Waals surface area contributed by atoms with E-state index in [0.29, 0.717) is 0 Å². The van der Waals surface area contributed by atoms with E-state index in [2.05, 4.69) is 0 Å². The van der Waals surface area contributed by atoms with E-state index in [0.717, 1.165) is 25.7 Å². The highest BCUT2D eigenvalue weighted by atomic mass is 16.6. The van der Waals surface area contributed by atoms with E-state index in [1.54, 1.807) is 0 Å². The molecule has 1 saturated carbocycles. The lowest BCUT2D eigenvalue weighted by Gasteiger charge is -2.23. The molecule has 0 spiro atoms. The Morgan fingerprint density at radius 3 is 2.36 bits per heavy atom. The summed E-state index contributed by atoms with van der Waals surface area (Å²) in [6, 6.07) is 0. The Morgan fingerprint density at radius 2 is 1.86 bits per heavy atom. The molecule has 0 heterocycles. The van der Waals surface area contributed by atoms with E-state index in [9.17, 15) is 4.79 Å². The van der Waals surface area contributed by atoms with Gasteiger partial charge in [-0.1, -0.05) is 33.1 Å². The lowest BCUT2D eigenvalue weighted by Crippen LogP contribution is -2.35. The van der Waals surface area contributed by atoms with E-state index < -0.39 is 6.23 Å². The molecule has 3 nitrogen and oxygen atoms in total. The Kier molecular flexibility index (Phi) is 4.39. The van der Waals surface area contributed by atoms with E-state index in [1.807, 2.05) is 13.8 Å². The lowest BCUT2D eigenvalue weighted by molar-refractivity contribution is -0.157. The SMILES string of the molecule is CC(C)[C@H](N)OC(=O)C1CCCCC1. The molecular formula is C11H21NO2. The fraction of sp³-hybridized carbons (Fsp3) is 0.909. The predicted molar refractivity (Wildman–Crippen MR) is 55.5 cm³/mol. The number of hydrogen-bond acceptors (Lipinski definition) is 3. The van der Waals surface area contributed by atoms with Gasteiger partial charge in [-0.05, 0) is 12.8 Å². The first-order chi connectivity index (χ1) is 6.61. The molecule has 1 aliphatic carbocycles. The number of carbonyl (C=O) groups is 1. The van der Waals surface area contributed by atoms with Crippen LogP contribution in [-0.2, 0) is 9.53 Å². The average Bonchev–Trinajstić information content (AvgIpc) is 2.19. The Hall–Kier alpha value is -0.570. The van der Waals surface area contributed by atoms with Crippen LogP contribution in [0.2, 0.25) is 0 Å². The quantitative estimate of drug-likeness (QED) is 0.559. The van der Waals surface area contributed by atoms with E-state index in [-0.39, 0.29) is 17.8 Å². The maximum atomic E-state index is 11.6. The fourth-order valence-corrected chi connectivity index (χ4v) is 1.70. The van der Waals surface area contributed by atoms with Crippen molar-refractivity contribution in [3.8, 4) is 0 Å². The molecule has 0 aromatic carbocycles. The second kappa shape index (κ2) is 5.35. The first kappa shape index (κ1) is 11.5. The smallest absolute Gasteiger partial charge is 0.310 e. The summed E-state index contributed by atoms with van der Waals surface area (Å²) < 4.78 is 5.19. The van der Waals surface area contributed by atoms with E-state index in [1.165, 1.54) is 6.42 Å². The van der Waals surface area contributed by atoms with Crippen LogP contribution in [0.15, 0.2) is 0 Å². The molecule has 0 aliphatic heterocycles. The van der Waals surface area contributed by atoms with Crippen molar-refractivity contribution in [2.75, 3.05) is 0 Å². The van der Waals surface area contributed by atoms with Gasteiger partial charge in [0.25, 0.3) is 0 Å². The maximum absolute atomic E-state index is 11.6. The van der Waals surface area contributed by atoms with Crippen molar-refractivity contribution >= 4 is 5.97 Å². The second-order valence-electron chi connectivity index (χ2n) is 4.48. The highest BCUT2D eigenvalue weighted by Crippen LogP contribution is 2.25. The third-order valence-electron chi connectivity index (χ3n) is 2.85. The van der Waals surface area contributed by atoms with Gasteiger partial charge in [0.1, 0.15) is 0 Å². The van der Waals surface area contributed by atoms with Gasteiger partial charge in [0.15, 0.2) is 6.23 Å². The predicted octanol–water partition coefficient (Wildman–Crippen LogP) is 2.05. The summed E-state index contributed by atoms with van der Waals surface area (Å²) in [5, 5.41) is 0. The Morgan fingerprint density at radius 1 is 1.29 bits per heavy atom. The molecule has 0 aromatic rings. The summed E-state index contributed by atoms with van der Waals surface area (Å²) in [5.74, 6) is 0.210. The van der Waals surface area contributed by atoms with Crippen LogP contribution in [0.3, 0.4) is 0 Å². The molecule has 0 amide bonds. The summed E-state index contributed by atoms with van der Waals surface area (Å²) >= 11 is 0. The minimum atomic E-state index is -0.440. The Bertz CT molecular complexity index is 186. The van der Waals surface area contributed by atoms with Crippen LogP contribution in [-0.4, -0.2) is 12.2 Å². The van der Waals surface area contributed by atoms with Crippen molar-refractivity contribution in [3.05, 3.63) is 0 Å². The summed E-state index contributed by atoms with van der Waals surface area (Å²) in [6.45, 7) is 3.91. The van der Waals surface area contributed by atoms with Crippen molar-refractivity contribution in [1.82, 2.24) is 0 Å². The van der Waals surface area contributed by atoms with Gasteiger partial charge in [-0.25, -0.2) is 0 Å². The third kappa shape index (κ3) is 3.29. The zero-order chi connectivity index (χ0) is 10.6. The number of carbonyl (C=O) groups excluding carboxylic acids is 1. The summed E-state index contributed by atoms with van der Waals surface area (Å²) in [7, 11) is 0. The molecule has 0 bridgehead atoms. The van der Waals surface area contributed by atoms with Gasteiger partial charge in [0.2, 0.25) is 0 Å². The van der Waals surface area contributed by atoms with Gasteiger partial charge >= 0.3 is 5.97 Å². The van der Waals surface area contributed by atoms with Crippen LogP contribution < -0.4 is 5.73 Å². The minimum Gasteiger partial charge on any atom is -0.446 e. The Balaban J connectivity index is 2.33. The highest BCUT2D eigenvalue weighted by molar-refractivity contribution is 5.72. The molecular weight excluding hydrogens is 178 g/mol. The van der Waals surface area contributed by atoms with Gasteiger partial charge in [-0.3, -0.25) is 10.5 Å². The van der Waals surface area contributed by atoms with Crippen LogP contribution in [0.25, 0.3) is 0 Å². The molecule has 2 N–H and O–H groups in total. The molecule has 3 heteroatoms. The number of esters is 1. The van der Waals surface area contributed by atoms with Crippen molar-refractivity contribution in [1.29, 1.82) is 0 Å². The number of ether oxygens (including phenoxy) is 1. The number of hydrogen-bond donors (Lipinski definition) is 1. The summed E-state index contributed by atoms with van der Waals surface area (Å²) in [5.41, 5.74) is 5.68. The van der Waals surface area contributed by atoms with E-state index in [4.69, 9.17) is 10.5 Å². The van der Waals surface area contributed by atoms with Crippen molar-refractivity contribution in [3.63, 3.8) is 0 Å². The molecule has 1 rings (SSSR count). The molecule has 0 unspecified atom stereocenters. The van der Waals surface area contributed by atoms with Crippen LogP contribution >= 0.6 is 0 Å². The summed E-state index contributed by atoms with van der Waals surface area (Å²) in [6.07, 6.45) is 5.06. The molecule has 1 fully saturated rings. The first-order valence-electron chi connectivity index (χ1n) is 5.57. The van der Waals surface area contributed by atoms with Crippen molar-refractivity contribution in [2.45, 2.75) is 52.2 Å². The fourth-order valence-electron chi connectivity index (χ4n) is 1.70. The molecule has 1 aliphatic rings. The largest absolute Gasteiger partial charge is 0.446 e. The lowest BCUT2D eigenvalue weighted by atomic mass is 9.89. The topological polar surface area (TPSA) is 52.3 Å². The molecule has 1 atom stereocenters. The molecule has 14 heavy (non-hydrogen) atoms. The molecule has 0 radical (unpaired) electrons. The average molecular weight is 199 g/mol. The van der Waals surface area contributed by atoms with Crippen molar-refractivity contribution in [2.24, 2.45) is 17.6 Å². The first-order valence-corrected chi connectivity index (χ1v) is 5.57. The second-order valence-corrected chi connectivity index (χ2v) is 4.48. The van der Waals surface area contributed by atoms with Crippen LogP contribution in [0.5, 0.6) is 0 Å². The minimum absolute atomic E-state index is 0.0918. The highest BCUT2D eigenvalue weighted by Gasteiger charge is 2.24. The maximum Gasteiger partial charge on any atom is 0.310 e. The van der Waals surface area contributed by atoms with Crippen molar-refractivity contribution < 1.29 is 9.53 Å². The van der Waals surface area contributed by atoms with Crippen LogP contribution in [0, 0.1) is 11.8 Å². The number of nitrogens with two attached hydrogens (primary N) is 1. The van der Waals surface area contributed by atoms with Gasteiger partial charge in [-0.2, -0.15) is 0 Å².